The molecule has 0 fully saturated rings. The van der Waals surface area contributed by atoms with Gasteiger partial charge in [0.25, 0.3) is 10.0 Å². The van der Waals surface area contributed by atoms with Crippen molar-refractivity contribution in [1.82, 2.24) is 0 Å². The predicted octanol–water partition coefficient (Wildman–Crippen LogP) is 3.81. The summed E-state index contributed by atoms with van der Waals surface area (Å²) < 4.78 is 54.2. The van der Waals surface area contributed by atoms with Crippen LogP contribution in [0.3, 0.4) is 0 Å². The van der Waals surface area contributed by atoms with Crippen LogP contribution in [0, 0.1) is 11.6 Å². The lowest BCUT2D eigenvalue weighted by molar-refractivity contribution is 0.582. The van der Waals surface area contributed by atoms with E-state index in [1.807, 2.05) is 4.72 Å². The molecule has 0 amide bonds. The Kier molecular flexibility index (Phi) is 5.03. The summed E-state index contributed by atoms with van der Waals surface area (Å²) in [4.78, 5) is 0.508. The minimum absolute atomic E-state index is 0.116. The number of nitrogens with one attached hydrogen (secondary N) is 1. The van der Waals surface area contributed by atoms with Crippen molar-refractivity contribution in [3.05, 3.63) is 43.0 Å². The Morgan fingerprint density at radius 3 is 2.24 bits per heavy atom. The van der Waals surface area contributed by atoms with Crippen LogP contribution in [0.5, 0.6) is 0 Å². The summed E-state index contributed by atoms with van der Waals surface area (Å²) in [6.07, 6.45) is 0. The maximum absolute atomic E-state index is 13.7. The highest BCUT2D eigenvalue weighted by atomic mass is 79.9. The molecule has 3 N–H and O–H groups in total. The van der Waals surface area contributed by atoms with Crippen LogP contribution in [-0.2, 0) is 16.6 Å². The van der Waals surface area contributed by atoms with Gasteiger partial charge in [-0.05, 0) is 34.1 Å². The van der Waals surface area contributed by atoms with Gasteiger partial charge in [0.1, 0.15) is 10.6 Å². The molecular formula is C11H8Br2F2N2O2S2. The van der Waals surface area contributed by atoms with Crippen molar-refractivity contribution in [1.29, 1.82) is 0 Å². The van der Waals surface area contributed by atoms with Gasteiger partial charge in [0.2, 0.25) is 0 Å². The smallest absolute Gasteiger partial charge is 0.264 e. The van der Waals surface area contributed by atoms with E-state index >= 15 is 0 Å². The molecule has 10 heteroatoms. The minimum Gasteiger partial charge on any atom is -0.326 e. The maximum Gasteiger partial charge on any atom is 0.264 e. The number of nitrogens with two attached hydrogens (primary N) is 1. The molecule has 0 radical (unpaired) electrons. The summed E-state index contributed by atoms with van der Waals surface area (Å²) in [6, 6.07) is 3.29. The zero-order chi connectivity index (χ0) is 15.8. The molecule has 1 aromatic heterocycles. The third-order valence-electron chi connectivity index (χ3n) is 2.44. The second-order valence-corrected chi connectivity index (χ2v) is 8.93. The Hall–Kier alpha value is -0.550. The largest absolute Gasteiger partial charge is 0.326 e. The molecule has 0 aliphatic carbocycles. The standard InChI is InChI=1S/C11H8Br2F2N2O2S2/c12-5-1-7(14)10(8(15)2-5)17-21(18,19)9-3-6(4-16)20-11(9)13/h1-3,17H,4,16H2. The molecule has 0 saturated heterocycles. The average molecular weight is 462 g/mol. The SMILES string of the molecule is NCc1cc(S(=O)(=O)Nc2c(F)cc(Br)cc2F)c(Br)s1. The summed E-state index contributed by atoms with van der Waals surface area (Å²) in [7, 11) is -4.13. The Morgan fingerprint density at radius 1 is 1.19 bits per heavy atom. The third-order valence-corrected chi connectivity index (χ3v) is 6.52. The van der Waals surface area contributed by atoms with Gasteiger partial charge in [-0.1, -0.05) is 15.9 Å². The van der Waals surface area contributed by atoms with Gasteiger partial charge in [-0.2, -0.15) is 0 Å². The van der Waals surface area contributed by atoms with E-state index in [1.165, 1.54) is 6.07 Å². The number of halogens is 4. The van der Waals surface area contributed by atoms with Gasteiger partial charge >= 0.3 is 0 Å². The second-order valence-electron chi connectivity index (χ2n) is 3.90. The van der Waals surface area contributed by atoms with Crippen LogP contribution in [0.25, 0.3) is 0 Å². The van der Waals surface area contributed by atoms with Gasteiger partial charge < -0.3 is 5.73 Å². The van der Waals surface area contributed by atoms with E-state index in [4.69, 9.17) is 5.73 Å². The van der Waals surface area contributed by atoms with E-state index in [-0.39, 0.29) is 15.9 Å². The first-order valence-corrected chi connectivity index (χ1v) is 9.29. The second kappa shape index (κ2) is 6.29. The van der Waals surface area contributed by atoms with E-state index in [9.17, 15) is 17.2 Å². The molecule has 4 nitrogen and oxygen atoms in total. The van der Waals surface area contributed by atoms with E-state index in [2.05, 4.69) is 31.9 Å². The molecule has 0 spiro atoms. The number of hydrogen-bond donors (Lipinski definition) is 2. The van der Waals surface area contributed by atoms with Crippen molar-refractivity contribution >= 4 is 58.9 Å². The number of rotatable bonds is 4. The fraction of sp³-hybridized carbons (Fsp3) is 0.0909. The number of thiophene rings is 1. The highest BCUT2D eigenvalue weighted by molar-refractivity contribution is 9.11. The average Bonchev–Trinajstić information content (AvgIpc) is 2.76. The topological polar surface area (TPSA) is 72.2 Å². The van der Waals surface area contributed by atoms with E-state index < -0.39 is 27.3 Å². The van der Waals surface area contributed by atoms with Gasteiger partial charge in [-0.3, -0.25) is 4.72 Å². The maximum atomic E-state index is 13.7. The minimum atomic E-state index is -4.13. The summed E-state index contributed by atoms with van der Waals surface area (Å²) in [5.74, 6) is -2.04. The number of hydrogen-bond acceptors (Lipinski definition) is 4. The highest BCUT2D eigenvalue weighted by Gasteiger charge is 2.24. The summed E-state index contributed by atoms with van der Waals surface area (Å²) >= 11 is 7.16. The summed E-state index contributed by atoms with van der Waals surface area (Å²) in [5.41, 5.74) is 4.71. The van der Waals surface area contributed by atoms with Crippen LogP contribution in [0.15, 0.2) is 31.4 Å². The lowest BCUT2D eigenvalue weighted by atomic mass is 10.3. The number of benzene rings is 1. The summed E-state index contributed by atoms with van der Waals surface area (Å²) in [5, 5.41) is 0. The van der Waals surface area contributed by atoms with Crippen LogP contribution in [0.2, 0.25) is 0 Å². The quantitative estimate of drug-likeness (QED) is 0.727. The Morgan fingerprint density at radius 2 is 1.76 bits per heavy atom. The number of anilines is 1. The first-order chi connectivity index (χ1) is 9.74. The first-order valence-electron chi connectivity index (χ1n) is 5.40. The van der Waals surface area contributed by atoms with Crippen molar-refractivity contribution in [2.45, 2.75) is 11.4 Å². The normalized spacial score (nSPS) is 11.7. The zero-order valence-corrected chi connectivity index (χ0v) is 15.0. The van der Waals surface area contributed by atoms with Crippen LogP contribution in [0.1, 0.15) is 4.88 Å². The molecule has 1 aromatic carbocycles. The first kappa shape index (κ1) is 16.8. The van der Waals surface area contributed by atoms with Crippen molar-refractivity contribution in [3.63, 3.8) is 0 Å². The Labute approximate surface area is 140 Å². The molecule has 0 unspecified atom stereocenters. The third kappa shape index (κ3) is 3.62. The highest BCUT2D eigenvalue weighted by Crippen LogP contribution is 2.33. The zero-order valence-electron chi connectivity index (χ0n) is 10.2. The van der Waals surface area contributed by atoms with Crippen LogP contribution < -0.4 is 10.5 Å². The van der Waals surface area contributed by atoms with E-state index in [1.54, 1.807) is 0 Å². The van der Waals surface area contributed by atoms with Crippen molar-refractivity contribution in [3.8, 4) is 0 Å². The van der Waals surface area contributed by atoms with E-state index in [0.29, 0.717) is 8.66 Å². The molecule has 2 aromatic rings. The van der Waals surface area contributed by atoms with Gasteiger partial charge in [0.05, 0.1) is 3.79 Å². The molecule has 0 atom stereocenters. The van der Waals surface area contributed by atoms with Crippen molar-refractivity contribution in [2.75, 3.05) is 4.72 Å². The molecule has 0 aliphatic heterocycles. The molecule has 114 valence electrons. The van der Waals surface area contributed by atoms with Gasteiger partial charge in [-0.25, -0.2) is 17.2 Å². The number of sulfonamides is 1. The molecular weight excluding hydrogens is 454 g/mol. The Bertz CT molecular complexity index is 771. The van der Waals surface area contributed by atoms with Crippen molar-refractivity contribution < 1.29 is 17.2 Å². The van der Waals surface area contributed by atoms with Crippen molar-refractivity contribution in [2.24, 2.45) is 5.73 Å². The van der Waals surface area contributed by atoms with E-state index in [0.717, 1.165) is 23.5 Å². The van der Waals surface area contributed by atoms with Gasteiger partial charge in [0, 0.05) is 15.9 Å². The molecule has 1 heterocycles. The van der Waals surface area contributed by atoms with Crippen LogP contribution in [-0.4, -0.2) is 8.42 Å². The molecule has 2 rings (SSSR count). The fourth-order valence-corrected chi connectivity index (χ4v) is 5.55. The molecule has 0 saturated carbocycles. The molecule has 0 bridgehead atoms. The van der Waals surface area contributed by atoms with Crippen LogP contribution in [0.4, 0.5) is 14.5 Å². The monoisotopic (exact) mass is 460 g/mol. The van der Waals surface area contributed by atoms with Gasteiger partial charge in [-0.15, -0.1) is 11.3 Å². The lowest BCUT2D eigenvalue weighted by Crippen LogP contribution is -2.15. The Balaban J connectivity index is 2.44. The van der Waals surface area contributed by atoms with Crippen LogP contribution >= 0.6 is 43.2 Å². The summed E-state index contributed by atoms with van der Waals surface area (Å²) in [6.45, 7) is 0.166. The lowest BCUT2D eigenvalue weighted by Gasteiger charge is -2.09. The fourth-order valence-electron chi connectivity index (χ4n) is 1.51. The molecule has 21 heavy (non-hydrogen) atoms. The van der Waals surface area contributed by atoms with Gasteiger partial charge in [0.15, 0.2) is 11.6 Å². The molecule has 0 aliphatic rings. The predicted molar refractivity (Wildman–Crippen MR) is 84.8 cm³/mol.